The van der Waals surface area contributed by atoms with Gasteiger partial charge in [0.25, 0.3) is 0 Å². The second-order valence-electron chi connectivity index (χ2n) is 3.52. The van der Waals surface area contributed by atoms with E-state index in [-0.39, 0.29) is 11.6 Å². The van der Waals surface area contributed by atoms with Crippen LogP contribution in [0, 0.1) is 0 Å². The number of phenolic OH excluding ortho intramolecular Hbond substituents is 1. The van der Waals surface area contributed by atoms with Gasteiger partial charge in [0.15, 0.2) is 5.82 Å². The number of rotatable bonds is 2. The number of hydrogen-bond donors (Lipinski definition) is 3. The van der Waals surface area contributed by atoms with Crippen LogP contribution in [0.3, 0.4) is 0 Å². The van der Waals surface area contributed by atoms with Crippen LogP contribution in [0.15, 0.2) is 30.3 Å². The van der Waals surface area contributed by atoms with Crippen molar-refractivity contribution in [1.82, 2.24) is 10.2 Å². The minimum absolute atomic E-state index is 0.242. The van der Waals surface area contributed by atoms with E-state index >= 15 is 0 Å². The molecule has 1 aromatic heterocycles. The molecule has 0 saturated heterocycles. The highest BCUT2D eigenvalue weighted by Gasteiger charge is 2.02. The summed E-state index contributed by atoms with van der Waals surface area (Å²) in [5.74, 6) is 0.487. The summed E-state index contributed by atoms with van der Waals surface area (Å²) in [6, 6.07) is 8.61. The highest BCUT2D eigenvalue weighted by atomic mass is 16.3. The van der Waals surface area contributed by atoms with Gasteiger partial charge in [0.2, 0.25) is 0 Å². The monoisotopic (exact) mass is 216 g/mol. The molecule has 82 valence electrons. The van der Waals surface area contributed by atoms with Crippen molar-refractivity contribution in [3.8, 4) is 5.75 Å². The fourth-order valence-electron chi connectivity index (χ4n) is 1.37. The Morgan fingerprint density at radius 2 is 1.75 bits per heavy atom. The third-order valence-electron chi connectivity index (χ3n) is 2.23. The third-order valence-corrected chi connectivity index (χ3v) is 2.23. The van der Waals surface area contributed by atoms with Crippen molar-refractivity contribution < 1.29 is 5.11 Å². The smallest absolute Gasteiger partial charge is 0.169 e. The van der Waals surface area contributed by atoms with E-state index in [0.717, 1.165) is 11.3 Å². The first kappa shape index (κ1) is 10.2. The molecule has 2 rings (SSSR count). The zero-order valence-electron chi connectivity index (χ0n) is 8.59. The molecular weight excluding hydrogens is 204 g/mol. The number of anilines is 2. The minimum atomic E-state index is 0.242. The van der Waals surface area contributed by atoms with E-state index in [1.54, 1.807) is 18.2 Å². The number of hydrogen-bond acceptors (Lipinski definition) is 5. The molecule has 0 unspecified atom stereocenters. The first-order valence-electron chi connectivity index (χ1n) is 4.80. The summed E-state index contributed by atoms with van der Waals surface area (Å²) in [5, 5.41) is 16.8. The Balaban J connectivity index is 2.20. The van der Waals surface area contributed by atoms with Crippen molar-refractivity contribution in [1.29, 1.82) is 0 Å². The van der Waals surface area contributed by atoms with Gasteiger partial charge in [-0.25, -0.2) is 0 Å². The Bertz CT molecular complexity index is 496. The molecule has 0 fully saturated rings. The quantitative estimate of drug-likeness (QED) is 0.693. The van der Waals surface area contributed by atoms with Crippen molar-refractivity contribution in [2.24, 2.45) is 0 Å². The van der Waals surface area contributed by atoms with Crippen LogP contribution in [0.4, 0.5) is 11.5 Å². The number of aromatic hydroxyl groups is 1. The average molecular weight is 216 g/mol. The molecule has 0 saturated carbocycles. The van der Waals surface area contributed by atoms with Gasteiger partial charge in [0.05, 0.1) is 11.4 Å². The van der Waals surface area contributed by atoms with E-state index in [0.29, 0.717) is 12.1 Å². The summed E-state index contributed by atoms with van der Waals surface area (Å²) >= 11 is 0. The predicted octanol–water partition coefficient (Wildman–Crippen LogP) is 0.937. The van der Waals surface area contributed by atoms with Gasteiger partial charge in [0, 0.05) is 6.42 Å². The summed E-state index contributed by atoms with van der Waals surface area (Å²) < 4.78 is 0. The van der Waals surface area contributed by atoms with Crippen LogP contribution < -0.4 is 11.5 Å². The van der Waals surface area contributed by atoms with Crippen molar-refractivity contribution in [3.63, 3.8) is 0 Å². The molecule has 0 aliphatic heterocycles. The van der Waals surface area contributed by atoms with Gasteiger partial charge >= 0.3 is 0 Å². The zero-order valence-corrected chi connectivity index (χ0v) is 8.59. The van der Waals surface area contributed by atoms with E-state index in [9.17, 15) is 0 Å². The predicted molar refractivity (Wildman–Crippen MR) is 61.8 cm³/mol. The highest BCUT2D eigenvalue weighted by Crippen LogP contribution is 2.15. The molecule has 0 aliphatic rings. The molecule has 0 radical (unpaired) electrons. The second kappa shape index (κ2) is 4.06. The normalized spacial score (nSPS) is 10.2. The maximum Gasteiger partial charge on any atom is 0.169 e. The molecule has 0 aliphatic carbocycles. The molecular formula is C11H12N4O. The van der Waals surface area contributed by atoms with Crippen LogP contribution in [0.1, 0.15) is 11.3 Å². The SMILES string of the molecule is Nc1cc(Cc2ccc(O)cc2)nnc1N. The molecule has 16 heavy (non-hydrogen) atoms. The maximum atomic E-state index is 9.14. The number of aromatic nitrogens is 2. The van der Waals surface area contributed by atoms with Crippen LogP contribution >= 0.6 is 0 Å². The lowest BCUT2D eigenvalue weighted by molar-refractivity contribution is 0.475. The molecule has 0 spiro atoms. The topological polar surface area (TPSA) is 98.0 Å². The Labute approximate surface area is 92.7 Å². The minimum Gasteiger partial charge on any atom is -0.508 e. The van der Waals surface area contributed by atoms with Crippen molar-refractivity contribution >= 4 is 11.5 Å². The van der Waals surface area contributed by atoms with Gasteiger partial charge in [0.1, 0.15) is 5.75 Å². The van der Waals surface area contributed by atoms with Crippen LogP contribution in [0.25, 0.3) is 0 Å². The number of phenols is 1. The molecule has 2 aromatic rings. The first-order valence-corrected chi connectivity index (χ1v) is 4.80. The van der Waals surface area contributed by atoms with E-state index in [1.165, 1.54) is 0 Å². The van der Waals surface area contributed by atoms with Crippen LogP contribution in [-0.2, 0) is 6.42 Å². The van der Waals surface area contributed by atoms with Crippen molar-refractivity contribution in [3.05, 3.63) is 41.6 Å². The van der Waals surface area contributed by atoms with E-state index in [2.05, 4.69) is 10.2 Å². The first-order chi connectivity index (χ1) is 7.65. The molecule has 5 nitrogen and oxygen atoms in total. The van der Waals surface area contributed by atoms with Gasteiger partial charge < -0.3 is 16.6 Å². The van der Waals surface area contributed by atoms with Gasteiger partial charge in [-0.1, -0.05) is 12.1 Å². The summed E-state index contributed by atoms with van der Waals surface area (Å²) in [6.45, 7) is 0. The average Bonchev–Trinajstić information content (AvgIpc) is 2.27. The Kier molecular flexibility index (Phi) is 2.59. The Morgan fingerprint density at radius 1 is 1.06 bits per heavy atom. The fraction of sp³-hybridized carbons (Fsp3) is 0.0909. The Hall–Kier alpha value is -2.30. The fourth-order valence-corrected chi connectivity index (χ4v) is 1.37. The number of benzene rings is 1. The molecule has 0 atom stereocenters. The molecule has 5 heteroatoms. The Morgan fingerprint density at radius 3 is 2.38 bits per heavy atom. The van der Waals surface area contributed by atoms with Crippen LogP contribution in [-0.4, -0.2) is 15.3 Å². The summed E-state index contributed by atoms with van der Waals surface area (Å²) in [5.41, 5.74) is 13.3. The highest BCUT2D eigenvalue weighted by molar-refractivity contribution is 5.57. The molecule has 5 N–H and O–H groups in total. The van der Waals surface area contributed by atoms with Gasteiger partial charge in [-0.15, -0.1) is 5.10 Å². The van der Waals surface area contributed by atoms with Gasteiger partial charge in [-0.3, -0.25) is 0 Å². The standard InChI is InChI=1S/C11H12N4O/c12-10-6-8(14-15-11(10)13)5-7-1-3-9(16)4-2-7/h1-4,6,16H,5H2,(H2,12,14)(H2,13,15). The summed E-state index contributed by atoms with van der Waals surface area (Å²) in [7, 11) is 0. The van der Waals surface area contributed by atoms with Crippen LogP contribution in [0.2, 0.25) is 0 Å². The molecule has 1 heterocycles. The summed E-state index contributed by atoms with van der Waals surface area (Å²) in [4.78, 5) is 0. The van der Waals surface area contributed by atoms with E-state index < -0.39 is 0 Å². The van der Waals surface area contributed by atoms with Crippen molar-refractivity contribution in [2.45, 2.75) is 6.42 Å². The maximum absolute atomic E-state index is 9.14. The number of nitrogens with two attached hydrogens (primary N) is 2. The second-order valence-corrected chi connectivity index (χ2v) is 3.52. The lowest BCUT2D eigenvalue weighted by Gasteiger charge is -2.03. The largest absolute Gasteiger partial charge is 0.508 e. The molecule has 0 amide bonds. The lowest BCUT2D eigenvalue weighted by Crippen LogP contribution is -2.03. The van der Waals surface area contributed by atoms with E-state index in [1.807, 2.05) is 12.1 Å². The molecule has 1 aromatic carbocycles. The lowest BCUT2D eigenvalue weighted by atomic mass is 10.1. The van der Waals surface area contributed by atoms with Crippen molar-refractivity contribution in [2.75, 3.05) is 11.5 Å². The third kappa shape index (κ3) is 2.20. The molecule has 0 bridgehead atoms. The number of nitrogens with zero attached hydrogens (tertiary/aromatic N) is 2. The van der Waals surface area contributed by atoms with Crippen LogP contribution in [0.5, 0.6) is 5.75 Å². The number of nitrogen functional groups attached to an aromatic ring is 2. The summed E-state index contributed by atoms with van der Waals surface area (Å²) in [6.07, 6.45) is 0.609. The zero-order chi connectivity index (χ0) is 11.5. The van der Waals surface area contributed by atoms with Gasteiger partial charge in [-0.2, -0.15) is 5.10 Å². The van der Waals surface area contributed by atoms with E-state index in [4.69, 9.17) is 16.6 Å². The van der Waals surface area contributed by atoms with Gasteiger partial charge in [-0.05, 0) is 23.8 Å².